The van der Waals surface area contributed by atoms with E-state index in [1.807, 2.05) is 13.0 Å². The van der Waals surface area contributed by atoms with Crippen molar-refractivity contribution >= 4 is 33.1 Å². The van der Waals surface area contributed by atoms with E-state index in [2.05, 4.69) is 5.32 Å². The number of aryl methyl sites for hydroxylation is 1. The molecule has 156 valence electrons. The highest BCUT2D eigenvalue weighted by atomic mass is 32.2. The molecule has 0 spiro atoms. The van der Waals surface area contributed by atoms with Crippen molar-refractivity contribution in [3.05, 3.63) is 51.7 Å². The first-order chi connectivity index (χ1) is 13.9. The second kappa shape index (κ2) is 9.62. The lowest BCUT2D eigenvalue weighted by molar-refractivity contribution is -0.121. The van der Waals surface area contributed by atoms with Gasteiger partial charge in [0.2, 0.25) is 15.9 Å². The number of carbonyl (C=O) groups excluding carboxylic acids is 2. The van der Waals surface area contributed by atoms with E-state index in [-0.39, 0.29) is 36.0 Å². The zero-order valence-corrected chi connectivity index (χ0v) is 17.9. The molecule has 9 heteroatoms. The van der Waals surface area contributed by atoms with E-state index in [1.165, 1.54) is 15.6 Å². The summed E-state index contributed by atoms with van der Waals surface area (Å²) in [6.07, 6.45) is 0.293. The van der Waals surface area contributed by atoms with E-state index in [9.17, 15) is 18.0 Å². The molecule has 1 aromatic carbocycles. The van der Waals surface area contributed by atoms with Crippen LogP contribution in [0.2, 0.25) is 0 Å². The summed E-state index contributed by atoms with van der Waals surface area (Å²) in [6.45, 7) is 3.72. The van der Waals surface area contributed by atoms with Crippen molar-refractivity contribution in [1.82, 2.24) is 9.62 Å². The second-order valence-corrected chi connectivity index (χ2v) is 10.00. The molecular formula is C20H24N2O5S2. The fourth-order valence-corrected chi connectivity index (χ4v) is 5.18. The number of nitrogens with one attached hydrogen (secondary N) is 1. The monoisotopic (exact) mass is 436 g/mol. The van der Waals surface area contributed by atoms with Gasteiger partial charge in [-0.3, -0.25) is 9.59 Å². The minimum Gasteiger partial charge on any atom is -0.379 e. The Balaban J connectivity index is 1.48. The van der Waals surface area contributed by atoms with E-state index < -0.39 is 10.0 Å². The Morgan fingerprint density at radius 1 is 1.07 bits per heavy atom. The number of sulfonamides is 1. The predicted octanol–water partition coefficient (Wildman–Crippen LogP) is 2.36. The van der Waals surface area contributed by atoms with Gasteiger partial charge in [-0.05, 0) is 36.8 Å². The highest BCUT2D eigenvalue weighted by Crippen LogP contribution is 2.19. The van der Waals surface area contributed by atoms with Crippen molar-refractivity contribution in [2.75, 3.05) is 26.3 Å². The second-order valence-electron chi connectivity index (χ2n) is 6.77. The lowest BCUT2D eigenvalue weighted by Gasteiger charge is -2.26. The number of morpholine rings is 1. The Morgan fingerprint density at radius 2 is 1.76 bits per heavy atom. The molecule has 1 fully saturated rings. The zero-order valence-electron chi connectivity index (χ0n) is 16.2. The maximum absolute atomic E-state index is 12.6. The van der Waals surface area contributed by atoms with Crippen LogP contribution in [0.1, 0.15) is 33.0 Å². The van der Waals surface area contributed by atoms with E-state index in [4.69, 9.17) is 4.74 Å². The lowest BCUT2D eigenvalue weighted by Crippen LogP contribution is -2.40. The predicted molar refractivity (Wildman–Crippen MR) is 110 cm³/mol. The molecule has 3 rings (SSSR count). The maximum Gasteiger partial charge on any atom is 0.243 e. The number of rotatable bonds is 8. The molecule has 2 heterocycles. The third kappa shape index (κ3) is 5.72. The van der Waals surface area contributed by atoms with Gasteiger partial charge in [0.05, 0.1) is 23.0 Å². The summed E-state index contributed by atoms with van der Waals surface area (Å²) in [5.74, 6) is -0.243. The first-order valence-corrected chi connectivity index (χ1v) is 11.6. The number of benzene rings is 1. The van der Waals surface area contributed by atoms with Crippen molar-refractivity contribution in [3.63, 3.8) is 0 Å². The number of hydrogen-bond donors (Lipinski definition) is 1. The SMILES string of the molecule is Cc1ccc(C(=O)CCC(=O)NCc2ccc(S(=O)(=O)N3CCOCC3)cc2)s1. The van der Waals surface area contributed by atoms with Crippen LogP contribution < -0.4 is 5.32 Å². The quantitative estimate of drug-likeness (QED) is 0.642. The molecule has 0 atom stereocenters. The topological polar surface area (TPSA) is 92.8 Å². The van der Waals surface area contributed by atoms with Gasteiger partial charge < -0.3 is 10.1 Å². The van der Waals surface area contributed by atoms with Crippen LogP contribution in [0.5, 0.6) is 0 Å². The molecule has 1 aromatic heterocycles. The number of Topliss-reactive ketones (excluding diaryl/α,β-unsaturated/α-hetero) is 1. The standard InChI is InChI=1S/C20H24N2O5S2/c1-15-2-8-19(28-15)18(23)7-9-20(24)21-14-16-3-5-17(6-4-16)29(25,26)22-10-12-27-13-11-22/h2-6,8H,7,9-14H2,1H3,(H,21,24). The molecule has 29 heavy (non-hydrogen) atoms. The molecule has 0 saturated carbocycles. The van der Waals surface area contributed by atoms with E-state index in [1.54, 1.807) is 30.3 Å². The summed E-state index contributed by atoms with van der Waals surface area (Å²) in [5, 5.41) is 2.77. The molecule has 1 aliphatic heterocycles. The molecule has 0 unspecified atom stereocenters. The van der Waals surface area contributed by atoms with Crippen LogP contribution in [0.4, 0.5) is 0 Å². The largest absolute Gasteiger partial charge is 0.379 e. The number of nitrogens with zero attached hydrogens (tertiary/aromatic N) is 1. The van der Waals surface area contributed by atoms with Gasteiger partial charge in [0.15, 0.2) is 5.78 Å². The van der Waals surface area contributed by atoms with Gasteiger partial charge in [-0.2, -0.15) is 4.31 Å². The Bertz CT molecular complexity index is 961. The molecule has 0 bridgehead atoms. The average molecular weight is 437 g/mol. The summed E-state index contributed by atoms with van der Waals surface area (Å²) in [6, 6.07) is 10.2. The van der Waals surface area contributed by atoms with Gasteiger partial charge in [0.1, 0.15) is 0 Å². The highest BCUT2D eigenvalue weighted by molar-refractivity contribution is 7.89. The van der Waals surface area contributed by atoms with Crippen LogP contribution in [0.15, 0.2) is 41.3 Å². The normalized spacial score (nSPS) is 15.2. The van der Waals surface area contributed by atoms with Gasteiger partial charge in [-0.25, -0.2) is 8.42 Å². The van der Waals surface area contributed by atoms with Crippen LogP contribution >= 0.6 is 11.3 Å². The van der Waals surface area contributed by atoms with Crippen LogP contribution in [-0.4, -0.2) is 50.7 Å². The maximum atomic E-state index is 12.6. The van der Waals surface area contributed by atoms with Gasteiger partial charge in [-0.15, -0.1) is 11.3 Å². The fourth-order valence-electron chi connectivity index (χ4n) is 2.94. The number of ketones is 1. The van der Waals surface area contributed by atoms with Gasteiger partial charge in [-0.1, -0.05) is 12.1 Å². The Labute approximate surface area is 174 Å². The van der Waals surface area contributed by atoms with Gasteiger partial charge in [0, 0.05) is 37.4 Å². The first-order valence-electron chi connectivity index (χ1n) is 9.39. The van der Waals surface area contributed by atoms with Crippen LogP contribution in [0.25, 0.3) is 0 Å². The zero-order chi connectivity index (χ0) is 20.9. The highest BCUT2D eigenvalue weighted by Gasteiger charge is 2.26. The van der Waals surface area contributed by atoms with Gasteiger partial charge in [0.25, 0.3) is 0 Å². The summed E-state index contributed by atoms with van der Waals surface area (Å²) >= 11 is 1.43. The summed E-state index contributed by atoms with van der Waals surface area (Å²) < 4.78 is 31.8. The number of thiophene rings is 1. The summed E-state index contributed by atoms with van der Waals surface area (Å²) in [4.78, 5) is 26.0. The minimum atomic E-state index is -3.52. The Kier molecular flexibility index (Phi) is 7.18. The van der Waals surface area contributed by atoms with Crippen LogP contribution in [0, 0.1) is 6.92 Å². The van der Waals surface area contributed by atoms with E-state index in [0.29, 0.717) is 31.2 Å². The summed E-state index contributed by atoms with van der Waals surface area (Å²) in [5.41, 5.74) is 0.791. The van der Waals surface area contributed by atoms with Gasteiger partial charge >= 0.3 is 0 Å². The molecular weight excluding hydrogens is 412 g/mol. The van der Waals surface area contributed by atoms with Crippen molar-refractivity contribution in [2.45, 2.75) is 31.2 Å². The van der Waals surface area contributed by atoms with Crippen LogP contribution in [0.3, 0.4) is 0 Å². The molecule has 0 aliphatic carbocycles. The lowest BCUT2D eigenvalue weighted by atomic mass is 10.2. The van der Waals surface area contributed by atoms with Crippen molar-refractivity contribution < 1.29 is 22.7 Å². The molecule has 2 aromatic rings. The minimum absolute atomic E-state index is 0.0316. The van der Waals surface area contributed by atoms with Crippen molar-refractivity contribution in [3.8, 4) is 0 Å². The third-order valence-electron chi connectivity index (χ3n) is 4.62. The Hall–Kier alpha value is -2.07. The number of ether oxygens (including phenoxy) is 1. The number of hydrogen-bond acceptors (Lipinski definition) is 6. The van der Waals surface area contributed by atoms with Crippen molar-refractivity contribution in [1.29, 1.82) is 0 Å². The number of amides is 1. The Morgan fingerprint density at radius 3 is 2.38 bits per heavy atom. The van der Waals surface area contributed by atoms with Crippen molar-refractivity contribution in [2.24, 2.45) is 0 Å². The molecule has 1 saturated heterocycles. The summed E-state index contributed by atoms with van der Waals surface area (Å²) in [7, 11) is -3.52. The smallest absolute Gasteiger partial charge is 0.243 e. The molecule has 1 amide bonds. The molecule has 0 radical (unpaired) electrons. The van der Waals surface area contributed by atoms with Crippen LogP contribution in [-0.2, 0) is 26.1 Å². The molecule has 1 N–H and O–H groups in total. The van der Waals surface area contributed by atoms with E-state index in [0.717, 1.165) is 10.4 Å². The molecule has 7 nitrogen and oxygen atoms in total. The average Bonchev–Trinajstić information content (AvgIpc) is 3.18. The third-order valence-corrected chi connectivity index (χ3v) is 7.57. The van der Waals surface area contributed by atoms with E-state index >= 15 is 0 Å². The first kappa shape index (κ1) is 21.6. The molecule has 1 aliphatic rings. The number of carbonyl (C=O) groups is 2. The fraction of sp³-hybridized carbons (Fsp3) is 0.400.